The fourth-order valence-electron chi connectivity index (χ4n) is 1.58. The Morgan fingerprint density at radius 3 is 2.29 bits per heavy atom. The van der Waals surface area contributed by atoms with E-state index in [1.165, 1.54) is 5.56 Å². The summed E-state index contributed by atoms with van der Waals surface area (Å²) in [7, 11) is 0. The molecular weight excluding hydrogens is 206 g/mol. The highest BCUT2D eigenvalue weighted by atomic mass is 14.5. The molecule has 2 N–H and O–H groups in total. The van der Waals surface area contributed by atoms with Crippen molar-refractivity contribution in [2.75, 3.05) is 5.73 Å². The minimum absolute atomic E-state index is 0.778. The zero-order valence-corrected chi connectivity index (χ0v) is 9.69. The lowest BCUT2D eigenvalue weighted by Crippen LogP contribution is -1.84. The van der Waals surface area contributed by atoms with Gasteiger partial charge in [0.2, 0.25) is 0 Å². The molecule has 0 unspecified atom stereocenters. The molecule has 0 radical (unpaired) electrons. The first-order chi connectivity index (χ1) is 8.34. The highest BCUT2D eigenvalue weighted by molar-refractivity contribution is 5.44. The maximum atomic E-state index is 5.61. The van der Waals surface area contributed by atoms with Gasteiger partial charge in [-0.25, -0.2) is 0 Å². The SMILES string of the molecule is Nc1ccc(C#CCCc2ccccc2)cc1. The third-order valence-corrected chi connectivity index (χ3v) is 2.52. The van der Waals surface area contributed by atoms with Crippen LogP contribution in [0.15, 0.2) is 54.6 Å². The van der Waals surface area contributed by atoms with Gasteiger partial charge in [0.25, 0.3) is 0 Å². The van der Waals surface area contributed by atoms with Gasteiger partial charge in [-0.1, -0.05) is 42.2 Å². The fourth-order valence-corrected chi connectivity index (χ4v) is 1.58. The Morgan fingerprint density at radius 2 is 1.59 bits per heavy atom. The van der Waals surface area contributed by atoms with Crippen molar-refractivity contribution in [3.63, 3.8) is 0 Å². The van der Waals surface area contributed by atoms with E-state index < -0.39 is 0 Å². The minimum atomic E-state index is 0.778. The normalized spacial score (nSPS) is 9.41. The first-order valence-electron chi connectivity index (χ1n) is 5.73. The molecule has 2 aromatic carbocycles. The average molecular weight is 221 g/mol. The quantitative estimate of drug-likeness (QED) is 0.611. The molecule has 2 rings (SSSR count). The summed E-state index contributed by atoms with van der Waals surface area (Å²) in [4.78, 5) is 0. The number of hydrogen-bond acceptors (Lipinski definition) is 1. The van der Waals surface area contributed by atoms with E-state index in [0.717, 1.165) is 24.1 Å². The average Bonchev–Trinajstić information content (AvgIpc) is 2.38. The number of anilines is 1. The summed E-state index contributed by atoms with van der Waals surface area (Å²) < 4.78 is 0. The molecule has 0 saturated heterocycles. The van der Waals surface area contributed by atoms with E-state index in [4.69, 9.17) is 5.73 Å². The lowest BCUT2D eigenvalue weighted by molar-refractivity contribution is 1.03. The van der Waals surface area contributed by atoms with Crippen LogP contribution < -0.4 is 5.73 Å². The largest absolute Gasteiger partial charge is 0.399 e. The van der Waals surface area contributed by atoms with Crippen LogP contribution in [0.1, 0.15) is 17.5 Å². The van der Waals surface area contributed by atoms with Crippen LogP contribution in [-0.2, 0) is 6.42 Å². The monoisotopic (exact) mass is 221 g/mol. The van der Waals surface area contributed by atoms with Crippen LogP contribution in [0.25, 0.3) is 0 Å². The van der Waals surface area contributed by atoms with E-state index in [0.29, 0.717) is 0 Å². The summed E-state index contributed by atoms with van der Waals surface area (Å²) in [6, 6.07) is 18.1. The molecule has 17 heavy (non-hydrogen) atoms. The van der Waals surface area contributed by atoms with Crippen molar-refractivity contribution in [1.82, 2.24) is 0 Å². The number of aryl methyl sites for hydroxylation is 1. The van der Waals surface area contributed by atoms with Gasteiger partial charge in [0.05, 0.1) is 0 Å². The first-order valence-corrected chi connectivity index (χ1v) is 5.73. The van der Waals surface area contributed by atoms with Crippen molar-refractivity contribution in [3.8, 4) is 11.8 Å². The third-order valence-electron chi connectivity index (χ3n) is 2.52. The van der Waals surface area contributed by atoms with E-state index in [-0.39, 0.29) is 0 Å². The summed E-state index contributed by atoms with van der Waals surface area (Å²) in [6.07, 6.45) is 1.89. The molecule has 0 saturated carbocycles. The summed E-state index contributed by atoms with van der Waals surface area (Å²) in [5.74, 6) is 6.32. The van der Waals surface area contributed by atoms with Gasteiger partial charge >= 0.3 is 0 Å². The molecule has 0 amide bonds. The molecule has 0 aromatic heterocycles. The van der Waals surface area contributed by atoms with Crippen molar-refractivity contribution in [1.29, 1.82) is 0 Å². The molecule has 1 heteroatoms. The Bertz CT molecular complexity index is 515. The van der Waals surface area contributed by atoms with Crippen molar-refractivity contribution >= 4 is 5.69 Å². The highest BCUT2D eigenvalue weighted by Gasteiger charge is 1.89. The predicted molar refractivity (Wildman–Crippen MR) is 72.5 cm³/mol. The summed E-state index contributed by atoms with van der Waals surface area (Å²) >= 11 is 0. The van der Waals surface area contributed by atoms with Gasteiger partial charge in [-0.05, 0) is 36.2 Å². The second kappa shape index (κ2) is 5.77. The number of hydrogen-bond donors (Lipinski definition) is 1. The molecule has 0 fully saturated rings. The topological polar surface area (TPSA) is 26.0 Å². The van der Waals surface area contributed by atoms with Crippen LogP contribution in [0.2, 0.25) is 0 Å². The number of nitrogen functional groups attached to an aromatic ring is 1. The van der Waals surface area contributed by atoms with Crippen LogP contribution in [0, 0.1) is 11.8 Å². The maximum Gasteiger partial charge on any atom is 0.0314 e. The Labute approximate surface area is 102 Å². The predicted octanol–water partition coefficient (Wildman–Crippen LogP) is 3.25. The second-order valence-electron chi connectivity index (χ2n) is 3.91. The summed E-state index contributed by atoms with van der Waals surface area (Å²) in [5, 5.41) is 0. The number of nitrogens with two attached hydrogens (primary N) is 1. The van der Waals surface area contributed by atoms with E-state index >= 15 is 0 Å². The Hall–Kier alpha value is -2.20. The summed E-state index contributed by atoms with van der Waals surface area (Å²) in [5.41, 5.74) is 8.74. The van der Waals surface area contributed by atoms with Gasteiger partial charge in [0.15, 0.2) is 0 Å². The van der Waals surface area contributed by atoms with Crippen LogP contribution in [0.5, 0.6) is 0 Å². The van der Waals surface area contributed by atoms with Crippen LogP contribution >= 0.6 is 0 Å². The van der Waals surface area contributed by atoms with E-state index in [1.807, 2.05) is 30.3 Å². The zero-order valence-electron chi connectivity index (χ0n) is 9.69. The van der Waals surface area contributed by atoms with Crippen molar-refractivity contribution in [3.05, 3.63) is 65.7 Å². The Kier molecular flexibility index (Phi) is 3.83. The summed E-state index contributed by atoms with van der Waals surface area (Å²) in [6.45, 7) is 0. The van der Waals surface area contributed by atoms with Crippen LogP contribution in [0.3, 0.4) is 0 Å². The van der Waals surface area contributed by atoms with Gasteiger partial charge in [-0.15, -0.1) is 0 Å². The standard InChI is InChI=1S/C16H15N/c17-16-12-10-15(11-13-16)9-5-4-8-14-6-2-1-3-7-14/h1-3,6-7,10-13H,4,8,17H2. The van der Waals surface area contributed by atoms with E-state index in [2.05, 4.69) is 36.1 Å². The van der Waals surface area contributed by atoms with Gasteiger partial charge in [0, 0.05) is 17.7 Å². The molecule has 0 bridgehead atoms. The Morgan fingerprint density at radius 1 is 0.882 bits per heavy atom. The second-order valence-corrected chi connectivity index (χ2v) is 3.91. The molecule has 0 heterocycles. The molecule has 0 spiro atoms. The maximum absolute atomic E-state index is 5.61. The van der Waals surface area contributed by atoms with Crippen molar-refractivity contribution in [2.45, 2.75) is 12.8 Å². The highest BCUT2D eigenvalue weighted by Crippen LogP contribution is 2.04. The van der Waals surface area contributed by atoms with E-state index in [1.54, 1.807) is 0 Å². The Balaban J connectivity index is 1.89. The van der Waals surface area contributed by atoms with Gasteiger partial charge in [-0.3, -0.25) is 0 Å². The van der Waals surface area contributed by atoms with Gasteiger partial charge in [0.1, 0.15) is 0 Å². The zero-order chi connectivity index (χ0) is 11.9. The first kappa shape index (κ1) is 11.3. The van der Waals surface area contributed by atoms with Gasteiger partial charge < -0.3 is 5.73 Å². The van der Waals surface area contributed by atoms with Gasteiger partial charge in [-0.2, -0.15) is 0 Å². The van der Waals surface area contributed by atoms with Crippen molar-refractivity contribution in [2.24, 2.45) is 0 Å². The lowest BCUT2D eigenvalue weighted by Gasteiger charge is -1.95. The van der Waals surface area contributed by atoms with Crippen molar-refractivity contribution < 1.29 is 0 Å². The molecule has 0 aliphatic rings. The molecule has 0 aliphatic heterocycles. The molecule has 0 aliphatic carbocycles. The third kappa shape index (κ3) is 3.70. The number of rotatable bonds is 2. The molecular formula is C16H15N. The molecule has 1 nitrogen and oxygen atoms in total. The molecule has 2 aromatic rings. The molecule has 84 valence electrons. The van der Waals surface area contributed by atoms with Crippen LogP contribution in [-0.4, -0.2) is 0 Å². The number of benzene rings is 2. The van der Waals surface area contributed by atoms with E-state index in [9.17, 15) is 0 Å². The minimum Gasteiger partial charge on any atom is -0.399 e. The lowest BCUT2D eigenvalue weighted by atomic mass is 10.1. The van der Waals surface area contributed by atoms with Crippen LogP contribution in [0.4, 0.5) is 5.69 Å². The fraction of sp³-hybridized carbons (Fsp3) is 0.125. The smallest absolute Gasteiger partial charge is 0.0314 e. The molecule has 0 atom stereocenters.